The van der Waals surface area contributed by atoms with Crippen LogP contribution in [0.25, 0.3) is 0 Å². The Morgan fingerprint density at radius 2 is 2.33 bits per heavy atom. The van der Waals surface area contributed by atoms with Gasteiger partial charge >= 0.3 is 0 Å². The van der Waals surface area contributed by atoms with E-state index in [0.29, 0.717) is 12.0 Å². The van der Waals surface area contributed by atoms with Crippen molar-refractivity contribution in [1.82, 2.24) is 15.3 Å². The number of halogens is 1. The van der Waals surface area contributed by atoms with Crippen molar-refractivity contribution >= 4 is 5.91 Å². The number of aromatic amines is 1. The van der Waals surface area contributed by atoms with Crippen LogP contribution in [0.5, 0.6) is 0 Å². The zero-order valence-electron chi connectivity index (χ0n) is 11.2. The largest absolute Gasteiger partial charge is 0.395 e. The Bertz CT molecular complexity index is 672. The van der Waals surface area contributed by atoms with E-state index in [9.17, 15) is 9.18 Å². The Kier molecular flexibility index (Phi) is 5.07. The van der Waals surface area contributed by atoms with Gasteiger partial charge in [-0.2, -0.15) is 0 Å². The lowest BCUT2D eigenvalue weighted by Gasteiger charge is -2.05. The molecule has 2 aromatic rings. The number of benzene rings is 1. The summed E-state index contributed by atoms with van der Waals surface area (Å²) in [5.74, 6) is 4.36. The molecule has 0 aliphatic carbocycles. The lowest BCUT2D eigenvalue weighted by atomic mass is 10.1. The minimum absolute atomic E-state index is 0.0360. The molecule has 0 bridgehead atoms. The number of aromatic nitrogens is 2. The summed E-state index contributed by atoms with van der Waals surface area (Å²) in [6.07, 6.45) is 3.41. The Hall–Kier alpha value is -2.65. The number of aliphatic hydroxyl groups is 1. The molecule has 0 spiro atoms. The van der Waals surface area contributed by atoms with Gasteiger partial charge in [-0.25, -0.2) is 9.37 Å². The Morgan fingerprint density at radius 1 is 1.48 bits per heavy atom. The average Bonchev–Trinajstić information content (AvgIpc) is 3.00. The number of nitrogens with zero attached hydrogens (tertiary/aromatic N) is 1. The first-order chi connectivity index (χ1) is 10.2. The summed E-state index contributed by atoms with van der Waals surface area (Å²) in [6, 6.07) is 4.08. The normalized spacial score (nSPS) is 9.81. The molecule has 0 aliphatic rings. The number of imidazole rings is 1. The summed E-state index contributed by atoms with van der Waals surface area (Å²) < 4.78 is 13.7. The molecule has 0 radical (unpaired) electrons. The molecule has 21 heavy (non-hydrogen) atoms. The van der Waals surface area contributed by atoms with Gasteiger partial charge in [-0.1, -0.05) is 11.8 Å². The van der Waals surface area contributed by atoms with Crippen LogP contribution < -0.4 is 5.32 Å². The third-order valence-electron chi connectivity index (χ3n) is 2.67. The standard InChI is InChI=1S/C15H14FN3O2/c16-14-5-4-11(3-1-2-6-20)7-13(14)15(21)18-9-12-8-17-10-19-12/h4-5,7-8,10,20H,2,6,9H2,(H,17,19)(H,18,21). The van der Waals surface area contributed by atoms with Crippen molar-refractivity contribution in [3.8, 4) is 11.8 Å². The van der Waals surface area contributed by atoms with E-state index in [4.69, 9.17) is 5.11 Å². The van der Waals surface area contributed by atoms with Crippen molar-refractivity contribution in [1.29, 1.82) is 0 Å². The summed E-state index contributed by atoms with van der Waals surface area (Å²) in [4.78, 5) is 18.6. The van der Waals surface area contributed by atoms with Crippen molar-refractivity contribution < 1.29 is 14.3 Å². The van der Waals surface area contributed by atoms with Crippen LogP contribution >= 0.6 is 0 Å². The molecule has 6 heteroatoms. The summed E-state index contributed by atoms with van der Waals surface area (Å²) >= 11 is 0. The maximum absolute atomic E-state index is 13.7. The molecule has 5 nitrogen and oxygen atoms in total. The minimum atomic E-state index is -0.607. The van der Waals surface area contributed by atoms with Crippen LogP contribution in [0.2, 0.25) is 0 Å². The monoisotopic (exact) mass is 287 g/mol. The lowest BCUT2D eigenvalue weighted by Crippen LogP contribution is -2.24. The van der Waals surface area contributed by atoms with E-state index in [-0.39, 0.29) is 18.7 Å². The highest BCUT2D eigenvalue weighted by atomic mass is 19.1. The molecule has 2 rings (SSSR count). The first-order valence-electron chi connectivity index (χ1n) is 6.35. The first kappa shape index (κ1) is 14.8. The number of carbonyl (C=O) groups excluding carboxylic acids is 1. The molecule has 1 amide bonds. The molecule has 0 fully saturated rings. The van der Waals surface area contributed by atoms with Crippen LogP contribution in [-0.4, -0.2) is 27.6 Å². The van der Waals surface area contributed by atoms with E-state index in [1.807, 2.05) is 0 Å². The van der Waals surface area contributed by atoms with Gasteiger partial charge < -0.3 is 15.4 Å². The number of amides is 1. The second-order valence-corrected chi connectivity index (χ2v) is 4.23. The molecular formula is C15H14FN3O2. The van der Waals surface area contributed by atoms with Gasteiger partial charge in [0.25, 0.3) is 5.91 Å². The van der Waals surface area contributed by atoms with Crippen LogP contribution in [0.15, 0.2) is 30.7 Å². The SMILES string of the molecule is O=C(NCc1cnc[nH]1)c1cc(C#CCCO)ccc1F. The number of nitrogens with one attached hydrogen (secondary N) is 2. The van der Waals surface area contributed by atoms with Crippen LogP contribution in [0.3, 0.4) is 0 Å². The predicted molar refractivity (Wildman–Crippen MR) is 74.7 cm³/mol. The van der Waals surface area contributed by atoms with Crippen LogP contribution in [0.4, 0.5) is 4.39 Å². The van der Waals surface area contributed by atoms with E-state index in [0.717, 1.165) is 5.69 Å². The van der Waals surface area contributed by atoms with Crippen molar-refractivity contribution in [3.63, 3.8) is 0 Å². The Balaban J connectivity index is 2.09. The fourth-order valence-corrected chi connectivity index (χ4v) is 1.65. The molecule has 0 saturated carbocycles. The molecule has 1 aromatic carbocycles. The van der Waals surface area contributed by atoms with Gasteiger partial charge in [-0.15, -0.1) is 0 Å². The number of carbonyl (C=O) groups is 1. The second kappa shape index (κ2) is 7.22. The maximum atomic E-state index is 13.7. The van der Waals surface area contributed by atoms with Crippen LogP contribution in [0.1, 0.15) is 28.0 Å². The second-order valence-electron chi connectivity index (χ2n) is 4.23. The highest BCUT2D eigenvalue weighted by molar-refractivity contribution is 5.94. The smallest absolute Gasteiger partial charge is 0.254 e. The van der Waals surface area contributed by atoms with E-state index in [2.05, 4.69) is 27.1 Å². The van der Waals surface area contributed by atoms with Crippen molar-refractivity contribution in [2.24, 2.45) is 0 Å². The van der Waals surface area contributed by atoms with Gasteiger partial charge in [0.2, 0.25) is 0 Å². The zero-order chi connectivity index (χ0) is 15.1. The molecule has 1 heterocycles. The highest BCUT2D eigenvalue weighted by Gasteiger charge is 2.12. The highest BCUT2D eigenvalue weighted by Crippen LogP contribution is 2.10. The zero-order valence-corrected chi connectivity index (χ0v) is 11.2. The molecular weight excluding hydrogens is 273 g/mol. The number of rotatable bonds is 4. The van der Waals surface area contributed by atoms with E-state index in [1.54, 1.807) is 6.20 Å². The van der Waals surface area contributed by atoms with E-state index < -0.39 is 11.7 Å². The number of H-pyrrole nitrogens is 1. The first-order valence-corrected chi connectivity index (χ1v) is 6.35. The van der Waals surface area contributed by atoms with Gasteiger partial charge in [0.15, 0.2) is 0 Å². The topological polar surface area (TPSA) is 78.0 Å². The van der Waals surface area contributed by atoms with Gasteiger partial charge in [-0.3, -0.25) is 4.79 Å². The van der Waals surface area contributed by atoms with Crippen molar-refractivity contribution in [3.05, 3.63) is 53.4 Å². The van der Waals surface area contributed by atoms with Gasteiger partial charge in [-0.05, 0) is 18.2 Å². The number of hydrogen-bond donors (Lipinski definition) is 3. The maximum Gasteiger partial charge on any atom is 0.254 e. The predicted octanol–water partition coefficient (Wildman–Crippen LogP) is 1.21. The van der Waals surface area contributed by atoms with Gasteiger partial charge in [0, 0.05) is 18.2 Å². The summed E-state index contributed by atoms with van der Waals surface area (Å²) in [6.45, 7) is 0.199. The third kappa shape index (κ3) is 4.16. The molecule has 108 valence electrons. The molecule has 0 aliphatic heterocycles. The summed E-state index contributed by atoms with van der Waals surface area (Å²) in [5, 5.41) is 11.3. The van der Waals surface area contributed by atoms with Crippen LogP contribution in [0, 0.1) is 17.7 Å². The summed E-state index contributed by atoms with van der Waals surface area (Å²) in [7, 11) is 0. The molecule has 3 N–H and O–H groups in total. The molecule has 1 aromatic heterocycles. The fourth-order valence-electron chi connectivity index (χ4n) is 1.65. The van der Waals surface area contributed by atoms with Crippen molar-refractivity contribution in [2.45, 2.75) is 13.0 Å². The lowest BCUT2D eigenvalue weighted by molar-refractivity contribution is 0.0946. The molecule has 0 atom stereocenters. The van der Waals surface area contributed by atoms with E-state index in [1.165, 1.54) is 24.5 Å². The number of hydrogen-bond acceptors (Lipinski definition) is 3. The average molecular weight is 287 g/mol. The molecule has 0 saturated heterocycles. The Labute approximate surface area is 121 Å². The molecule has 0 unspecified atom stereocenters. The van der Waals surface area contributed by atoms with E-state index >= 15 is 0 Å². The fraction of sp³-hybridized carbons (Fsp3) is 0.200. The van der Waals surface area contributed by atoms with Gasteiger partial charge in [0.1, 0.15) is 5.82 Å². The quantitative estimate of drug-likeness (QED) is 0.740. The minimum Gasteiger partial charge on any atom is -0.395 e. The summed E-state index contributed by atoms with van der Waals surface area (Å²) in [5.41, 5.74) is 1.18. The Morgan fingerprint density at radius 3 is 3.05 bits per heavy atom. The van der Waals surface area contributed by atoms with Crippen LogP contribution in [-0.2, 0) is 6.54 Å². The van der Waals surface area contributed by atoms with Gasteiger partial charge in [0.05, 0.1) is 30.7 Å². The third-order valence-corrected chi connectivity index (χ3v) is 2.67. The number of aliphatic hydroxyl groups excluding tert-OH is 1. The van der Waals surface area contributed by atoms with Crippen molar-refractivity contribution in [2.75, 3.05) is 6.61 Å².